The molecule has 1 saturated heterocycles. The molecule has 0 bridgehead atoms. The predicted octanol–water partition coefficient (Wildman–Crippen LogP) is 3.13. The maximum Gasteiger partial charge on any atom is 0.259 e. The normalized spacial score (nSPS) is 13.5. The zero-order valence-corrected chi connectivity index (χ0v) is 16.3. The number of carbonyl (C=O) groups excluding carboxylic acids is 2. The van der Waals surface area contributed by atoms with E-state index < -0.39 is 5.91 Å². The minimum atomic E-state index is -0.526. The van der Waals surface area contributed by atoms with Crippen LogP contribution in [-0.2, 0) is 0 Å². The molecule has 0 aliphatic carbocycles. The number of primary amides is 1. The third-order valence-corrected chi connectivity index (χ3v) is 5.23. The van der Waals surface area contributed by atoms with Gasteiger partial charge >= 0.3 is 0 Å². The van der Waals surface area contributed by atoms with Gasteiger partial charge < -0.3 is 16.0 Å². The summed E-state index contributed by atoms with van der Waals surface area (Å²) in [7, 11) is 0. The first kappa shape index (κ1) is 18.7. The first-order valence-electron chi connectivity index (χ1n) is 9.65. The first-order chi connectivity index (χ1) is 14.0. The van der Waals surface area contributed by atoms with Crippen LogP contribution in [0.1, 0.15) is 39.3 Å². The summed E-state index contributed by atoms with van der Waals surface area (Å²) in [5.41, 5.74) is 9.39. The van der Waals surface area contributed by atoms with E-state index in [2.05, 4.69) is 15.3 Å². The van der Waals surface area contributed by atoms with Crippen LogP contribution >= 0.6 is 0 Å². The van der Waals surface area contributed by atoms with Crippen molar-refractivity contribution < 1.29 is 9.59 Å². The van der Waals surface area contributed by atoms with E-state index >= 15 is 0 Å². The van der Waals surface area contributed by atoms with Crippen molar-refractivity contribution in [2.24, 2.45) is 5.73 Å². The van der Waals surface area contributed by atoms with Gasteiger partial charge in [0, 0.05) is 18.7 Å². The first-order valence-corrected chi connectivity index (χ1v) is 9.65. The SMILES string of the molecule is Cc1c(C(=O)Nc2cc(C(N)=O)ccc2N2CCCC2)cnn1-c1ccccc1. The number of aromatic nitrogens is 2. The van der Waals surface area contributed by atoms with E-state index in [1.165, 1.54) is 0 Å². The second-order valence-corrected chi connectivity index (χ2v) is 7.14. The number of anilines is 2. The fourth-order valence-electron chi connectivity index (χ4n) is 3.67. The van der Waals surface area contributed by atoms with E-state index in [4.69, 9.17) is 5.73 Å². The monoisotopic (exact) mass is 389 g/mol. The minimum Gasteiger partial charge on any atom is -0.370 e. The Bertz CT molecular complexity index is 1050. The number of nitrogens with zero attached hydrogens (tertiary/aromatic N) is 3. The van der Waals surface area contributed by atoms with Crippen molar-refractivity contribution in [1.82, 2.24) is 9.78 Å². The zero-order chi connectivity index (χ0) is 20.4. The van der Waals surface area contributed by atoms with Crippen LogP contribution in [0.2, 0.25) is 0 Å². The Hall–Kier alpha value is -3.61. The van der Waals surface area contributed by atoms with E-state index in [-0.39, 0.29) is 5.91 Å². The lowest BCUT2D eigenvalue weighted by atomic mass is 10.1. The van der Waals surface area contributed by atoms with Crippen LogP contribution in [0.5, 0.6) is 0 Å². The van der Waals surface area contributed by atoms with Gasteiger partial charge in [-0.1, -0.05) is 18.2 Å². The van der Waals surface area contributed by atoms with Gasteiger partial charge in [-0.15, -0.1) is 0 Å². The fraction of sp³-hybridized carbons (Fsp3) is 0.227. The van der Waals surface area contributed by atoms with Crippen LogP contribution in [0.15, 0.2) is 54.7 Å². The smallest absolute Gasteiger partial charge is 0.259 e. The molecule has 2 heterocycles. The molecule has 1 fully saturated rings. The van der Waals surface area contributed by atoms with Crippen LogP contribution in [-0.4, -0.2) is 34.7 Å². The molecule has 3 N–H and O–H groups in total. The highest BCUT2D eigenvalue weighted by Gasteiger charge is 2.21. The summed E-state index contributed by atoms with van der Waals surface area (Å²) in [6, 6.07) is 14.8. The molecule has 0 unspecified atom stereocenters. The highest BCUT2D eigenvalue weighted by atomic mass is 16.2. The third kappa shape index (κ3) is 3.71. The molecule has 0 spiro atoms. The molecule has 3 aromatic rings. The molecule has 2 aromatic carbocycles. The molecule has 1 aliphatic heterocycles. The summed E-state index contributed by atoms with van der Waals surface area (Å²) in [6.45, 7) is 3.70. The van der Waals surface area contributed by atoms with Crippen LogP contribution in [0, 0.1) is 6.92 Å². The third-order valence-electron chi connectivity index (χ3n) is 5.23. The van der Waals surface area contributed by atoms with Gasteiger partial charge in [-0.25, -0.2) is 4.68 Å². The second kappa shape index (κ2) is 7.79. The second-order valence-electron chi connectivity index (χ2n) is 7.14. The zero-order valence-electron chi connectivity index (χ0n) is 16.3. The summed E-state index contributed by atoms with van der Waals surface area (Å²) in [4.78, 5) is 26.9. The number of nitrogens with two attached hydrogens (primary N) is 1. The molecule has 7 heteroatoms. The minimum absolute atomic E-state index is 0.272. The predicted molar refractivity (Wildman–Crippen MR) is 113 cm³/mol. The molecule has 1 aromatic heterocycles. The van der Waals surface area contributed by atoms with Gasteiger partial charge in [-0.2, -0.15) is 5.10 Å². The van der Waals surface area contributed by atoms with E-state index in [0.29, 0.717) is 16.8 Å². The number of para-hydroxylation sites is 1. The van der Waals surface area contributed by atoms with Gasteiger partial charge in [-0.05, 0) is 50.1 Å². The van der Waals surface area contributed by atoms with E-state index in [0.717, 1.165) is 43.0 Å². The summed E-state index contributed by atoms with van der Waals surface area (Å²) in [6.07, 6.45) is 3.77. The Labute approximate surface area is 169 Å². The standard InChI is InChI=1S/C22H23N5O2/c1-15-18(14-24-27(15)17-7-3-2-4-8-17)22(29)25-19-13-16(21(23)28)9-10-20(19)26-11-5-6-12-26/h2-4,7-10,13-14H,5-6,11-12H2,1H3,(H2,23,28)(H,25,29). The molecule has 0 radical (unpaired) electrons. The van der Waals surface area contributed by atoms with Gasteiger partial charge in [0.05, 0.1) is 34.5 Å². The van der Waals surface area contributed by atoms with Crippen molar-refractivity contribution in [3.63, 3.8) is 0 Å². The number of nitrogens with one attached hydrogen (secondary N) is 1. The fourth-order valence-corrected chi connectivity index (χ4v) is 3.67. The lowest BCUT2D eigenvalue weighted by Crippen LogP contribution is -2.22. The van der Waals surface area contributed by atoms with Crippen molar-refractivity contribution in [3.05, 3.63) is 71.5 Å². The molecular formula is C22H23N5O2. The average Bonchev–Trinajstić information content (AvgIpc) is 3.38. The Morgan fingerprint density at radius 1 is 1.07 bits per heavy atom. The quantitative estimate of drug-likeness (QED) is 0.701. The van der Waals surface area contributed by atoms with E-state index in [1.54, 1.807) is 23.0 Å². The van der Waals surface area contributed by atoms with E-state index in [1.807, 2.05) is 43.3 Å². The molecular weight excluding hydrogens is 366 g/mol. The Morgan fingerprint density at radius 2 is 1.79 bits per heavy atom. The number of benzene rings is 2. The summed E-state index contributed by atoms with van der Waals surface area (Å²) < 4.78 is 1.73. The summed E-state index contributed by atoms with van der Waals surface area (Å²) in [5, 5.41) is 7.33. The van der Waals surface area contributed by atoms with Crippen molar-refractivity contribution in [2.45, 2.75) is 19.8 Å². The lowest BCUT2D eigenvalue weighted by Gasteiger charge is -2.22. The van der Waals surface area contributed by atoms with Gasteiger partial charge in [0.1, 0.15) is 0 Å². The van der Waals surface area contributed by atoms with Gasteiger partial charge in [-0.3, -0.25) is 9.59 Å². The Kier molecular flexibility index (Phi) is 5.03. The van der Waals surface area contributed by atoms with Crippen LogP contribution < -0.4 is 16.0 Å². The van der Waals surface area contributed by atoms with Crippen LogP contribution in [0.25, 0.3) is 5.69 Å². The molecule has 2 amide bonds. The van der Waals surface area contributed by atoms with Crippen LogP contribution in [0.3, 0.4) is 0 Å². The Morgan fingerprint density at radius 3 is 2.48 bits per heavy atom. The summed E-state index contributed by atoms with van der Waals surface area (Å²) >= 11 is 0. The number of carbonyl (C=O) groups is 2. The van der Waals surface area contributed by atoms with Crippen molar-refractivity contribution in [2.75, 3.05) is 23.3 Å². The molecule has 1 aliphatic rings. The molecule has 29 heavy (non-hydrogen) atoms. The average molecular weight is 389 g/mol. The highest BCUT2D eigenvalue weighted by molar-refractivity contribution is 6.07. The van der Waals surface area contributed by atoms with Gasteiger partial charge in [0.2, 0.25) is 5.91 Å². The van der Waals surface area contributed by atoms with Crippen molar-refractivity contribution >= 4 is 23.2 Å². The maximum atomic E-state index is 13.0. The van der Waals surface area contributed by atoms with E-state index in [9.17, 15) is 9.59 Å². The molecule has 7 nitrogen and oxygen atoms in total. The topological polar surface area (TPSA) is 93.2 Å². The number of rotatable bonds is 5. The van der Waals surface area contributed by atoms with Crippen LogP contribution in [0.4, 0.5) is 11.4 Å². The largest absolute Gasteiger partial charge is 0.370 e. The molecule has 0 atom stereocenters. The number of hydrogen-bond donors (Lipinski definition) is 2. The molecule has 0 saturated carbocycles. The highest BCUT2D eigenvalue weighted by Crippen LogP contribution is 2.30. The summed E-state index contributed by atoms with van der Waals surface area (Å²) in [5.74, 6) is -0.798. The molecule has 148 valence electrons. The van der Waals surface area contributed by atoms with Crippen molar-refractivity contribution in [1.29, 1.82) is 0 Å². The maximum absolute atomic E-state index is 13.0. The number of amides is 2. The Balaban J connectivity index is 1.65. The van der Waals surface area contributed by atoms with Gasteiger partial charge in [0.15, 0.2) is 0 Å². The lowest BCUT2D eigenvalue weighted by molar-refractivity contribution is 0.0996. The molecule has 4 rings (SSSR count). The van der Waals surface area contributed by atoms with Crippen molar-refractivity contribution in [3.8, 4) is 5.69 Å². The number of hydrogen-bond acceptors (Lipinski definition) is 4. The van der Waals surface area contributed by atoms with Gasteiger partial charge in [0.25, 0.3) is 5.91 Å².